The quantitative estimate of drug-likeness (QED) is 0.592. The van der Waals surface area contributed by atoms with Crippen LogP contribution < -0.4 is 11.3 Å². The van der Waals surface area contributed by atoms with Gasteiger partial charge in [0.05, 0.1) is 5.56 Å². The van der Waals surface area contributed by atoms with E-state index >= 15 is 0 Å². The molecule has 0 spiro atoms. The number of H-pyrrole nitrogens is 2. The Bertz CT molecular complexity index is 499. The Kier molecular flexibility index (Phi) is 1.81. The Morgan fingerprint density at radius 2 is 2.21 bits per heavy atom. The Labute approximate surface area is 79.2 Å². The molecule has 2 aromatic heterocycles. The number of nitrogens with zero attached hydrogens (tertiary/aromatic N) is 2. The molecule has 2 rings (SSSR count). The fraction of sp³-hybridized carbons (Fsp3) is 0.125. The molecule has 0 radical (unpaired) electrons. The van der Waals surface area contributed by atoms with Gasteiger partial charge in [0.2, 0.25) is 0 Å². The number of nitrogens with one attached hydrogen (secondary N) is 2. The van der Waals surface area contributed by atoms with E-state index in [2.05, 4.69) is 19.9 Å². The summed E-state index contributed by atoms with van der Waals surface area (Å²) in [4.78, 5) is 24.7. The first kappa shape index (κ1) is 8.49. The molecule has 0 bridgehead atoms. The van der Waals surface area contributed by atoms with Crippen molar-refractivity contribution in [1.82, 2.24) is 19.9 Å². The summed E-state index contributed by atoms with van der Waals surface area (Å²) in [6, 6.07) is 0. The molecule has 4 N–H and O–H groups in total. The average Bonchev–Trinajstić information content (AvgIpc) is 2.66. The molecule has 0 aliphatic carbocycles. The lowest BCUT2D eigenvalue weighted by Crippen LogP contribution is -2.15. The van der Waals surface area contributed by atoms with Crippen molar-refractivity contribution >= 4 is 5.82 Å². The number of rotatable bonds is 1. The molecule has 0 aliphatic rings. The maximum Gasteiger partial charge on any atom is 0.256 e. The van der Waals surface area contributed by atoms with Crippen LogP contribution in [-0.4, -0.2) is 19.9 Å². The SMILES string of the molecule is Cc1c(N)nc(-c2ncc[nH]2)[nH]c1=O. The summed E-state index contributed by atoms with van der Waals surface area (Å²) in [7, 11) is 0. The zero-order valence-corrected chi connectivity index (χ0v) is 7.53. The van der Waals surface area contributed by atoms with Gasteiger partial charge in [0.25, 0.3) is 5.56 Å². The minimum absolute atomic E-state index is 0.222. The summed E-state index contributed by atoms with van der Waals surface area (Å²) in [6.45, 7) is 1.62. The molecular formula is C8H9N5O. The van der Waals surface area contributed by atoms with Crippen LogP contribution in [0.2, 0.25) is 0 Å². The predicted molar refractivity (Wildman–Crippen MR) is 51.6 cm³/mol. The van der Waals surface area contributed by atoms with E-state index < -0.39 is 0 Å². The number of imidazole rings is 1. The van der Waals surface area contributed by atoms with Gasteiger partial charge in [-0.2, -0.15) is 0 Å². The van der Waals surface area contributed by atoms with Gasteiger partial charge in [0, 0.05) is 12.4 Å². The molecule has 0 aliphatic heterocycles. The lowest BCUT2D eigenvalue weighted by atomic mass is 10.3. The molecule has 0 saturated carbocycles. The molecule has 0 saturated heterocycles. The standard InChI is InChI=1S/C8H9N5O/c1-4-5(9)12-7(13-8(4)14)6-10-2-3-11-6/h2-3H,1H3,(H,10,11)(H3,9,12,13,14). The van der Waals surface area contributed by atoms with Crippen molar-refractivity contribution in [3.63, 3.8) is 0 Å². The molecule has 0 atom stereocenters. The first-order valence-electron chi connectivity index (χ1n) is 4.04. The monoisotopic (exact) mass is 191 g/mol. The van der Waals surface area contributed by atoms with Crippen LogP contribution in [-0.2, 0) is 0 Å². The molecule has 0 aromatic carbocycles. The number of hydrogen-bond donors (Lipinski definition) is 3. The van der Waals surface area contributed by atoms with Crippen molar-refractivity contribution in [2.75, 3.05) is 5.73 Å². The third-order valence-corrected chi connectivity index (χ3v) is 1.91. The van der Waals surface area contributed by atoms with Crippen molar-refractivity contribution in [2.45, 2.75) is 6.92 Å². The average molecular weight is 191 g/mol. The Hall–Kier alpha value is -2.11. The highest BCUT2D eigenvalue weighted by atomic mass is 16.1. The highest BCUT2D eigenvalue weighted by molar-refractivity contribution is 5.48. The number of aromatic nitrogens is 4. The lowest BCUT2D eigenvalue weighted by Gasteiger charge is -2.00. The summed E-state index contributed by atoms with van der Waals surface area (Å²) >= 11 is 0. The first-order valence-corrected chi connectivity index (χ1v) is 4.04. The van der Waals surface area contributed by atoms with Crippen molar-refractivity contribution in [3.05, 3.63) is 28.3 Å². The van der Waals surface area contributed by atoms with E-state index in [0.29, 0.717) is 17.2 Å². The molecule has 0 amide bonds. The van der Waals surface area contributed by atoms with E-state index in [4.69, 9.17) is 5.73 Å². The van der Waals surface area contributed by atoms with Crippen molar-refractivity contribution < 1.29 is 0 Å². The summed E-state index contributed by atoms with van der Waals surface area (Å²) in [5.74, 6) is 1.07. The minimum atomic E-state index is -0.246. The van der Waals surface area contributed by atoms with Gasteiger partial charge in [-0.15, -0.1) is 0 Å². The van der Waals surface area contributed by atoms with Gasteiger partial charge >= 0.3 is 0 Å². The van der Waals surface area contributed by atoms with Crippen LogP contribution in [0.25, 0.3) is 11.6 Å². The van der Waals surface area contributed by atoms with Crippen LogP contribution in [0.5, 0.6) is 0 Å². The Morgan fingerprint density at radius 3 is 2.79 bits per heavy atom. The Morgan fingerprint density at radius 1 is 1.43 bits per heavy atom. The van der Waals surface area contributed by atoms with E-state index in [1.165, 1.54) is 0 Å². The van der Waals surface area contributed by atoms with Crippen molar-refractivity contribution in [2.24, 2.45) is 0 Å². The van der Waals surface area contributed by atoms with Crippen LogP contribution in [0.1, 0.15) is 5.56 Å². The zero-order valence-electron chi connectivity index (χ0n) is 7.53. The van der Waals surface area contributed by atoms with Crippen LogP contribution in [0, 0.1) is 6.92 Å². The van der Waals surface area contributed by atoms with Crippen molar-refractivity contribution in [1.29, 1.82) is 0 Å². The largest absolute Gasteiger partial charge is 0.383 e. The number of anilines is 1. The van der Waals surface area contributed by atoms with Crippen LogP contribution >= 0.6 is 0 Å². The molecule has 6 nitrogen and oxygen atoms in total. The molecule has 14 heavy (non-hydrogen) atoms. The molecule has 0 fully saturated rings. The predicted octanol–water partition coefficient (Wildman–Crippen LogP) is 0.0506. The zero-order chi connectivity index (χ0) is 10.1. The summed E-state index contributed by atoms with van der Waals surface area (Å²) in [5, 5.41) is 0. The van der Waals surface area contributed by atoms with Gasteiger partial charge < -0.3 is 15.7 Å². The summed E-state index contributed by atoms with van der Waals surface area (Å²) in [5.41, 5.74) is 5.73. The fourth-order valence-electron chi connectivity index (χ4n) is 1.06. The van der Waals surface area contributed by atoms with E-state index in [-0.39, 0.29) is 11.4 Å². The maximum absolute atomic E-state index is 11.3. The smallest absolute Gasteiger partial charge is 0.256 e. The van der Waals surface area contributed by atoms with Gasteiger partial charge in [0.1, 0.15) is 5.82 Å². The number of aromatic amines is 2. The lowest BCUT2D eigenvalue weighted by molar-refractivity contribution is 1.06. The third kappa shape index (κ3) is 1.26. The summed E-state index contributed by atoms with van der Waals surface area (Å²) < 4.78 is 0. The second kappa shape index (κ2) is 2.99. The molecule has 2 heterocycles. The van der Waals surface area contributed by atoms with Gasteiger partial charge in [-0.1, -0.05) is 0 Å². The highest BCUT2D eigenvalue weighted by Crippen LogP contribution is 2.09. The van der Waals surface area contributed by atoms with E-state index in [0.717, 1.165) is 0 Å². The van der Waals surface area contributed by atoms with Gasteiger partial charge in [-0.3, -0.25) is 4.79 Å². The molecule has 6 heteroatoms. The summed E-state index contributed by atoms with van der Waals surface area (Å²) in [6.07, 6.45) is 3.22. The highest BCUT2D eigenvalue weighted by Gasteiger charge is 2.07. The molecule has 72 valence electrons. The first-order chi connectivity index (χ1) is 6.68. The number of nitrogen functional groups attached to an aromatic ring is 1. The maximum atomic E-state index is 11.3. The molecular weight excluding hydrogens is 182 g/mol. The second-order valence-electron chi connectivity index (χ2n) is 2.86. The topological polar surface area (TPSA) is 100 Å². The normalized spacial score (nSPS) is 10.4. The Balaban J connectivity index is 2.63. The van der Waals surface area contributed by atoms with Crippen LogP contribution in [0.4, 0.5) is 5.82 Å². The van der Waals surface area contributed by atoms with Crippen molar-refractivity contribution in [3.8, 4) is 11.6 Å². The fourth-order valence-corrected chi connectivity index (χ4v) is 1.06. The second-order valence-corrected chi connectivity index (χ2v) is 2.86. The van der Waals surface area contributed by atoms with E-state index in [1.807, 2.05) is 0 Å². The third-order valence-electron chi connectivity index (χ3n) is 1.91. The molecule has 0 unspecified atom stereocenters. The molecule has 2 aromatic rings. The van der Waals surface area contributed by atoms with Crippen LogP contribution in [0.15, 0.2) is 17.2 Å². The number of hydrogen-bond acceptors (Lipinski definition) is 4. The van der Waals surface area contributed by atoms with Gasteiger partial charge in [-0.25, -0.2) is 9.97 Å². The van der Waals surface area contributed by atoms with Gasteiger partial charge in [-0.05, 0) is 6.92 Å². The minimum Gasteiger partial charge on any atom is -0.383 e. The number of nitrogens with two attached hydrogens (primary N) is 1. The van der Waals surface area contributed by atoms with E-state index in [9.17, 15) is 4.79 Å². The van der Waals surface area contributed by atoms with Crippen LogP contribution in [0.3, 0.4) is 0 Å². The van der Waals surface area contributed by atoms with Gasteiger partial charge in [0.15, 0.2) is 11.6 Å². The van der Waals surface area contributed by atoms with E-state index in [1.54, 1.807) is 19.3 Å².